The van der Waals surface area contributed by atoms with E-state index in [1.165, 1.54) is 16.0 Å². The van der Waals surface area contributed by atoms with E-state index in [0.717, 1.165) is 30.6 Å². The van der Waals surface area contributed by atoms with Crippen LogP contribution < -0.4 is 9.46 Å². The highest BCUT2D eigenvalue weighted by Gasteiger charge is 2.26. The Kier molecular flexibility index (Phi) is 11.3. The van der Waals surface area contributed by atoms with Gasteiger partial charge in [-0.2, -0.15) is 10.2 Å². The molecule has 10 heteroatoms. The third-order valence-corrected chi connectivity index (χ3v) is 6.80. The number of aromatic nitrogens is 2. The van der Waals surface area contributed by atoms with Gasteiger partial charge in [0.05, 0.1) is 17.8 Å². The summed E-state index contributed by atoms with van der Waals surface area (Å²) in [6.45, 7) is 11.0. The summed E-state index contributed by atoms with van der Waals surface area (Å²) in [6.07, 6.45) is 2.52. The third-order valence-electron chi connectivity index (χ3n) is 6.06. The van der Waals surface area contributed by atoms with Crippen molar-refractivity contribution in [2.24, 2.45) is 0 Å². The molecule has 2 aliphatic rings. The van der Waals surface area contributed by atoms with Crippen molar-refractivity contribution in [3.8, 4) is 34.7 Å². The number of carbonyl (C=O) groups is 1. The second-order valence-electron chi connectivity index (χ2n) is 9.14. The predicted octanol–water partition coefficient (Wildman–Crippen LogP) is 5.15. The minimum Gasteiger partial charge on any atom is -0.490 e. The first-order valence-corrected chi connectivity index (χ1v) is 14.3. The van der Waals surface area contributed by atoms with Gasteiger partial charge in [0.15, 0.2) is 0 Å². The van der Waals surface area contributed by atoms with Gasteiger partial charge in [-0.25, -0.2) is 0 Å². The van der Waals surface area contributed by atoms with Crippen molar-refractivity contribution in [2.45, 2.75) is 65.7 Å². The molecule has 39 heavy (non-hydrogen) atoms. The van der Waals surface area contributed by atoms with Crippen molar-refractivity contribution in [1.29, 1.82) is 5.26 Å². The van der Waals surface area contributed by atoms with Gasteiger partial charge in [-0.15, -0.1) is 0 Å². The molecule has 0 saturated carbocycles. The van der Waals surface area contributed by atoms with Gasteiger partial charge in [-0.05, 0) is 56.0 Å². The van der Waals surface area contributed by atoms with E-state index in [1.54, 1.807) is 24.1 Å². The summed E-state index contributed by atoms with van der Waals surface area (Å²) in [5.74, 6) is 2.56. The Bertz CT molecular complexity index is 1270. The molecule has 2 aromatic carbocycles. The van der Waals surface area contributed by atoms with Crippen molar-refractivity contribution >= 4 is 18.4 Å². The molecule has 0 spiro atoms. The lowest BCUT2D eigenvalue weighted by Crippen LogP contribution is -2.49. The average Bonchev–Trinajstić information content (AvgIpc) is 3.59. The zero-order valence-corrected chi connectivity index (χ0v) is 24.0. The van der Waals surface area contributed by atoms with Crippen LogP contribution >= 0.6 is 11.9 Å². The lowest BCUT2D eigenvalue weighted by atomic mass is 10.0. The zero-order chi connectivity index (χ0) is 28.4. The number of benzene rings is 2. The first kappa shape index (κ1) is 30.2. The molecule has 0 radical (unpaired) electrons. The largest absolute Gasteiger partial charge is 0.490 e. The first-order valence-electron chi connectivity index (χ1n) is 13.3. The van der Waals surface area contributed by atoms with Crippen molar-refractivity contribution in [2.75, 3.05) is 18.8 Å². The number of rotatable bonds is 8. The highest BCUT2D eigenvalue weighted by Crippen LogP contribution is 2.38. The first-order chi connectivity index (χ1) is 18.9. The molecule has 1 aromatic heterocycles. The Hall–Kier alpha value is -3.39. The van der Waals surface area contributed by atoms with Gasteiger partial charge in [0, 0.05) is 36.0 Å². The van der Waals surface area contributed by atoms with Gasteiger partial charge in [0.25, 0.3) is 5.89 Å². The van der Waals surface area contributed by atoms with E-state index in [0.29, 0.717) is 47.7 Å². The molecule has 3 aromatic rings. The van der Waals surface area contributed by atoms with Gasteiger partial charge < -0.3 is 19.3 Å². The fourth-order valence-electron chi connectivity index (χ4n) is 4.30. The van der Waals surface area contributed by atoms with Crippen LogP contribution in [-0.2, 0) is 11.2 Å². The molecule has 1 aliphatic carbocycles. The standard InChI is InChI=1S/C23H24N4O2S.C4H7NO2.C2H6/c1-4-30-27-20-10-9-17-18(20)6-5-7-19(17)22-25-23(29-26-22)15-8-11-21(28-14(2)3)16(12-15)13-24;6-3-5-1-4(7)2-5;1-2/h5-8,11-12,14,20,27H,4,9-10H2,1-3H3;3-4,7H,1-2H2;1-2H3. The Balaban J connectivity index is 0.000000401. The highest BCUT2D eigenvalue weighted by atomic mass is 32.2. The van der Waals surface area contributed by atoms with Crippen molar-refractivity contribution in [3.63, 3.8) is 0 Å². The molecule has 0 bridgehead atoms. The average molecular weight is 552 g/mol. The van der Waals surface area contributed by atoms with Gasteiger partial charge in [-0.1, -0.05) is 56.1 Å². The number of nitrogens with one attached hydrogen (secondary N) is 1. The molecule has 1 atom stereocenters. The van der Waals surface area contributed by atoms with Crippen molar-refractivity contribution < 1.29 is 19.2 Å². The summed E-state index contributed by atoms with van der Waals surface area (Å²) < 4.78 is 14.8. The van der Waals surface area contributed by atoms with E-state index in [9.17, 15) is 10.1 Å². The number of carbonyl (C=O) groups excluding carboxylic acids is 1. The molecular weight excluding hydrogens is 514 g/mol. The number of hydrogen-bond donors (Lipinski definition) is 2. The number of ether oxygens (including phenoxy) is 1. The molecule has 2 N–H and O–H groups in total. The van der Waals surface area contributed by atoms with E-state index in [2.05, 4.69) is 33.9 Å². The SMILES string of the molecule is CC.CCSNC1CCc2c(-c3noc(-c4ccc(OC(C)C)c(C#N)c4)n3)cccc21.O=CN1CC(O)C1. The summed E-state index contributed by atoms with van der Waals surface area (Å²) in [6, 6.07) is 14.1. The highest BCUT2D eigenvalue weighted by molar-refractivity contribution is 7.97. The monoisotopic (exact) mass is 551 g/mol. The van der Waals surface area contributed by atoms with Crippen LogP contribution in [0.25, 0.3) is 22.8 Å². The van der Waals surface area contributed by atoms with Crippen LogP contribution in [0.4, 0.5) is 0 Å². The second-order valence-corrected chi connectivity index (χ2v) is 10.2. The summed E-state index contributed by atoms with van der Waals surface area (Å²) in [4.78, 5) is 15.9. The van der Waals surface area contributed by atoms with E-state index < -0.39 is 0 Å². The van der Waals surface area contributed by atoms with Crippen LogP contribution in [0.15, 0.2) is 40.9 Å². The number of nitriles is 1. The topological polar surface area (TPSA) is 125 Å². The normalized spacial score (nSPS) is 15.7. The van der Waals surface area contributed by atoms with E-state index in [-0.39, 0.29) is 12.2 Å². The number of amides is 1. The molecule has 1 amide bonds. The molecule has 1 fully saturated rings. The molecule has 5 rings (SSSR count). The maximum Gasteiger partial charge on any atom is 0.258 e. The molecule has 9 nitrogen and oxygen atoms in total. The summed E-state index contributed by atoms with van der Waals surface area (Å²) in [5, 5.41) is 22.3. The van der Waals surface area contributed by atoms with Gasteiger partial charge in [-0.3, -0.25) is 9.52 Å². The second kappa shape index (κ2) is 14.7. The maximum atomic E-state index is 9.75. The maximum absolute atomic E-state index is 9.75. The summed E-state index contributed by atoms with van der Waals surface area (Å²) in [5.41, 5.74) is 4.74. The van der Waals surface area contributed by atoms with Crippen LogP contribution in [0, 0.1) is 11.3 Å². The minimum absolute atomic E-state index is 0.00725. The fraction of sp³-hybridized carbons (Fsp3) is 0.448. The van der Waals surface area contributed by atoms with E-state index >= 15 is 0 Å². The number of aliphatic hydroxyl groups excluding tert-OH is 1. The zero-order valence-electron chi connectivity index (χ0n) is 23.2. The lowest BCUT2D eigenvalue weighted by Gasteiger charge is -2.31. The summed E-state index contributed by atoms with van der Waals surface area (Å²) >= 11 is 1.74. The Morgan fingerprint density at radius 1 is 1.31 bits per heavy atom. The molecule has 1 saturated heterocycles. The van der Waals surface area contributed by atoms with E-state index in [4.69, 9.17) is 14.4 Å². The number of likely N-dealkylation sites (tertiary alicyclic amines) is 1. The van der Waals surface area contributed by atoms with Crippen LogP contribution in [0.2, 0.25) is 0 Å². The number of nitrogens with zero attached hydrogens (tertiary/aromatic N) is 4. The van der Waals surface area contributed by atoms with Crippen LogP contribution in [0.1, 0.15) is 63.8 Å². The summed E-state index contributed by atoms with van der Waals surface area (Å²) in [7, 11) is 0. The van der Waals surface area contributed by atoms with Crippen LogP contribution in [0.3, 0.4) is 0 Å². The third kappa shape index (κ3) is 7.60. The molecule has 208 valence electrons. The Labute approximate surface area is 234 Å². The van der Waals surface area contributed by atoms with Gasteiger partial charge in [0.1, 0.15) is 11.8 Å². The predicted molar refractivity (Wildman–Crippen MR) is 153 cm³/mol. The molecule has 1 aliphatic heterocycles. The quantitative estimate of drug-likeness (QED) is 0.289. The van der Waals surface area contributed by atoms with Gasteiger partial charge >= 0.3 is 0 Å². The minimum atomic E-state index is -0.259. The number of aliphatic hydroxyl groups is 1. The number of fused-ring (bicyclic) bond motifs is 1. The smallest absolute Gasteiger partial charge is 0.258 e. The van der Waals surface area contributed by atoms with Crippen molar-refractivity contribution in [1.82, 2.24) is 19.8 Å². The number of hydrogen-bond acceptors (Lipinski definition) is 9. The molecule has 1 unspecified atom stereocenters. The van der Waals surface area contributed by atoms with E-state index in [1.807, 2.05) is 45.9 Å². The van der Waals surface area contributed by atoms with Crippen LogP contribution in [-0.4, -0.2) is 57.6 Å². The number of β-amino-alcohol motifs (C(OH)–C–C–N with tert-alkyl or cyclic N) is 1. The van der Waals surface area contributed by atoms with Gasteiger partial charge in [0.2, 0.25) is 12.2 Å². The lowest BCUT2D eigenvalue weighted by molar-refractivity contribution is -0.127. The Morgan fingerprint density at radius 2 is 2.08 bits per heavy atom. The molecule has 2 heterocycles. The Morgan fingerprint density at radius 3 is 2.69 bits per heavy atom. The molecular formula is C29H37N5O4S. The van der Waals surface area contributed by atoms with Crippen LogP contribution in [0.5, 0.6) is 5.75 Å². The fourth-order valence-corrected chi connectivity index (χ4v) is 4.91. The van der Waals surface area contributed by atoms with Crippen molar-refractivity contribution in [3.05, 3.63) is 53.1 Å².